The van der Waals surface area contributed by atoms with Crippen molar-refractivity contribution in [2.75, 3.05) is 0 Å². The van der Waals surface area contributed by atoms with Gasteiger partial charge in [-0.25, -0.2) is 13.8 Å². The van der Waals surface area contributed by atoms with Crippen LogP contribution in [0.1, 0.15) is 22.6 Å². The molecule has 0 aliphatic carbocycles. The van der Waals surface area contributed by atoms with Crippen LogP contribution in [0.2, 0.25) is 0 Å². The second kappa shape index (κ2) is 3.71. The number of hydrogen-bond acceptors (Lipinski definition) is 2. The molecule has 0 fully saturated rings. The third-order valence-electron chi connectivity index (χ3n) is 1.17. The Kier molecular flexibility index (Phi) is 2.86. The summed E-state index contributed by atoms with van der Waals surface area (Å²) in [4.78, 5) is 13.6. The van der Waals surface area contributed by atoms with Gasteiger partial charge in [-0.1, -0.05) is 15.9 Å². The molecule has 1 aromatic rings. The maximum Gasteiger partial charge on any atom is 0.280 e. The van der Waals surface area contributed by atoms with E-state index in [0.717, 1.165) is 0 Å². The summed E-state index contributed by atoms with van der Waals surface area (Å²) in [5.74, 6) is 0. The van der Waals surface area contributed by atoms with Crippen LogP contribution in [0.25, 0.3) is 0 Å². The summed E-state index contributed by atoms with van der Waals surface area (Å²) in [6, 6.07) is 2.55. The quantitative estimate of drug-likeness (QED) is 0.738. The number of hydrogen-bond donors (Lipinski definition) is 0. The van der Waals surface area contributed by atoms with Crippen molar-refractivity contribution >= 4 is 22.2 Å². The molecule has 0 atom stereocenters. The predicted octanol–water partition coefficient (Wildman–Crippen LogP) is 2.59. The van der Waals surface area contributed by atoms with Gasteiger partial charge in [-0.3, -0.25) is 4.79 Å². The van der Waals surface area contributed by atoms with Crippen LogP contribution in [0.15, 0.2) is 16.6 Å². The van der Waals surface area contributed by atoms with E-state index >= 15 is 0 Å². The first-order valence-electron chi connectivity index (χ1n) is 3.04. The standard InChI is InChI=1S/C7H4BrF2NO/c8-4-1-5(3-12)11-6(2-4)7(9)10/h1-3,7H. The molecule has 1 rings (SSSR count). The summed E-state index contributed by atoms with van der Waals surface area (Å²) < 4.78 is 24.6. The van der Waals surface area contributed by atoms with Crippen LogP contribution in [-0.4, -0.2) is 11.3 Å². The Morgan fingerprint density at radius 3 is 2.67 bits per heavy atom. The zero-order valence-electron chi connectivity index (χ0n) is 5.80. The van der Waals surface area contributed by atoms with Gasteiger partial charge in [0.25, 0.3) is 6.43 Å². The van der Waals surface area contributed by atoms with Gasteiger partial charge in [0.2, 0.25) is 0 Å². The van der Waals surface area contributed by atoms with Gasteiger partial charge in [0, 0.05) is 4.47 Å². The second-order valence-corrected chi connectivity index (χ2v) is 2.97. The first-order valence-corrected chi connectivity index (χ1v) is 3.83. The van der Waals surface area contributed by atoms with Gasteiger partial charge in [0.1, 0.15) is 11.4 Å². The molecule has 64 valence electrons. The number of nitrogens with zero attached hydrogens (tertiary/aromatic N) is 1. The van der Waals surface area contributed by atoms with Crippen LogP contribution >= 0.6 is 15.9 Å². The Bertz CT molecular complexity index is 303. The van der Waals surface area contributed by atoms with E-state index < -0.39 is 12.1 Å². The summed E-state index contributed by atoms with van der Waals surface area (Å²) in [7, 11) is 0. The molecule has 0 N–H and O–H groups in total. The van der Waals surface area contributed by atoms with Gasteiger partial charge in [-0.2, -0.15) is 0 Å². The molecule has 0 radical (unpaired) electrons. The van der Waals surface area contributed by atoms with Crippen molar-refractivity contribution in [3.8, 4) is 0 Å². The van der Waals surface area contributed by atoms with E-state index in [4.69, 9.17) is 0 Å². The number of pyridine rings is 1. The fourth-order valence-corrected chi connectivity index (χ4v) is 1.18. The van der Waals surface area contributed by atoms with Crippen molar-refractivity contribution < 1.29 is 13.6 Å². The Morgan fingerprint density at radius 2 is 2.17 bits per heavy atom. The molecule has 0 aliphatic heterocycles. The minimum Gasteiger partial charge on any atom is -0.296 e. The molecule has 0 saturated carbocycles. The van der Waals surface area contributed by atoms with Crippen LogP contribution in [0.5, 0.6) is 0 Å². The second-order valence-electron chi connectivity index (χ2n) is 2.05. The van der Waals surface area contributed by atoms with Crippen molar-refractivity contribution in [1.82, 2.24) is 4.98 Å². The van der Waals surface area contributed by atoms with Gasteiger partial charge in [-0.15, -0.1) is 0 Å². The van der Waals surface area contributed by atoms with E-state index in [1.54, 1.807) is 0 Å². The molecule has 0 amide bonds. The average Bonchev–Trinajstić information content (AvgIpc) is 2.03. The number of aromatic nitrogens is 1. The minimum absolute atomic E-state index is 0.000301. The Morgan fingerprint density at radius 1 is 1.50 bits per heavy atom. The summed E-state index contributed by atoms with van der Waals surface area (Å²) >= 11 is 2.99. The van der Waals surface area contributed by atoms with E-state index in [1.165, 1.54) is 12.1 Å². The third kappa shape index (κ3) is 2.07. The molecule has 0 aliphatic rings. The molecule has 1 heterocycles. The van der Waals surface area contributed by atoms with Crippen molar-refractivity contribution in [3.63, 3.8) is 0 Å². The van der Waals surface area contributed by atoms with Crippen molar-refractivity contribution in [1.29, 1.82) is 0 Å². The summed E-state index contributed by atoms with van der Waals surface area (Å²) in [6.07, 6.45) is -2.22. The van der Waals surface area contributed by atoms with Gasteiger partial charge in [-0.05, 0) is 12.1 Å². The van der Waals surface area contributed by atoms with Crippen molar-refractivity contribution in [3.05, 3.63) is 28.0 Å². The maximum atomic E-state index is 12.1. The number of alkyl halides is 2. The first kappa shape index (κ1) is 9.25. The Labute approximate surface area is 75.7 Å². The fraction of sp³-hybridized carbons (Fsp3) is 0.143. The van der Waals surface area contributed by atoms with Gasteiger partial charge in [0.05, 0.1) is 0 Å². The Balaban J connectivity index is 3.14. The van der Waals surface area contributed by atoms with Crippen LogP contribution in [0.4, 0.5) is 8.78 Å². The summed E-state index contributed by atoms with van der Waals surface area (Å²) in [5.41, 5.74) is -0.397. The largest absolute Gasteiger partial charge is 0.296 e. The van der Waals surface area contributed by atoms with E-state index in [-0.39, 0.29) is 5.69 Å². The number of aldehydes is 1. The molecular weight excluding hydrogens is 232 g/mol. The van der Waals surface area contributed by atoms with Gasteiger partial charge >= 0.3 is 0 Å². The summed E-state index contributed by atoms with van der Waals surface area (Å²) in [5, 5.41) is 0. The number of rotatable bonds is 2. The van der Waals surface area contributed by atoms with Gasteiger partial charge < -0.3 is 0 Å². The molecule has 5 heteroatoms. The lowest BCUT2D eigenvalue weighted by atomic mass is 10.3. The SMILES string of the molecule is O=Cc1cc(Br)cc(C(F)F)n1. The van der Waals surface area contributed by atoms with E-state index in [9.17, 15) is 13.6 Å². The molecule has 0 unspecified atom stereocenters. The molecular formula is C7H4BrF2NO. The monoisotopic (exact) mass is 235 g/mol. The first-order chi connectivity index (χ1) is 5.63. The molecule has 2 nitrogen and oxygen atoms in total. The zero-order valence-corrected chi connectivity index (χ0v) is 7.38. The Hall–Kier alpha value is -0.840. The van der Waals surface area contributed by atoms with Crippen molar-refractivity contribution in [2.24, 2.45) is 0 Å². The highest BCUT2D eigenvalue weighted by molar-refractivity contribution is 9.10. The highest BCUT2D eigenvalue weighted by Gasteiger charge is 2.10. The topological polar surface area (TPSA) is 30.0 Å². The van der Waals surface area contributed by atoms with Crippen molar-refractivity contribution in [2.45, 2.75) is 6.43 Å². The maximum absolute atomic E-state index is 12.1. The molecule has 0 saturated heterocycles. The minimum atomic E-state index is -2.65. The highest BCUT2D eigenvalue weighted by Crippen LogP contribution is 2.20. The lowest BCUT2D eigenvalue weighted by Gasteiger charge is -1.99. The van der Waals surface area contributed by atoms with Crippen LogP contribution < -0.4 is 0 Å². The highest BCUT2D eigenvalue weighted by atomic mass is 79.9. The number of carbonyl (C=O) groups excluding carboxylic acids is 1. The number of halogens is 3. The predicted molar refractivity (Wildman–Crippen MR) is 42.3 cm³/mol. The lowest BCUT2D eigenvalue weighted by molar-refractivity contribution is 0.111. The van der Waals surface area contributed by atoms with Crippen LogP contribution in [-0.2, 0) is 0 Å². The van der Waals surface area contributed by atoms with E-state index in [1.807, 2.05) is 0 Å². The fourth-order valence-electron chi connectivity index (χ4n) is 0.710. The number of carbonyl (C=O) groups is 1. The van der Waals surface area contributed by atoms with E-state index in [0.29, 0.717) is 10.8 Å². The zero-order chi connectivity index (χ0) is 9.14. The average molecular weight is 236 g/mol. The van der Waals surface area contributed by atoms with Crippen LogP contribution in [0.3, 0.4) is 0 Å². The normalized spacial score (nSPS) is 10.3. The molecule has 0 bridgehead atoms. The van der Waals surface area contributed by atoms with Gasteiger partial charge in [0.15, 0.2) is 6.29 Å². The smallest absolute Gasteiger partial charge is 0.280 e. The summed E-state index contributed by atoms with van der Waals surface area (Å²) in [6.45, 7) is 0. The third-order valence-corrected chi connectivity index (χ3v) is 1.63. The van der Waals surface area contributed by atoms with Crippen LogP contribution in [0, 0.1) is 0 Å². The van der Waals surface area contributed by atoms with E-state index in [2.05, 4.69) is 20.9 Å². The molecule has 12 heavy (non-hydrogen) atoms. The molecule has 1 aromatic heterocycles. The molecule has 0 aromatic carbocycles. The molecule has 0 spiro atoms. The lowest BCUT2D eigenvalue weighted by Crippen LogP contribution is -1.94.